The number of imidazole rings is 1. The average molecular weight is 369 g/mol. The molecule has 1 aliphatic rings. The number of carbonyl (C=O) groups is 1. The maximum Gasteiger partial charge on any atom is 0.376 e. The highest BCUT2D eigenvalue weighted by Gasteiger charge is 2.31. The van der Waals surface area contributed by atoms with Gasteiger partial charge in [0.1, 0.15) is 0 Å². The van der Waals surface area contributed by atoms with Gasteiger partial charge in [0, 0.05) is 51.7 Å². The number of carbonyl (C=O) groups excluding carboxylic acids is 1. The third kappa shape index (κ3) is 5.66. The van der Waals surface area contributed by atoms with E-state index in [4.69, 9.17) is 0 Å². The fraction of sp³-hybridized carbons (Fsp3) is 0.474. The van der Waals surface area contributed by atoms with E-state index in [9.17, 15) is 9.82 Å². The van der Waals surface area contributed by atoms with Gasteiger partial charge in [-0.05, 0) is 18.8 Å². The molecule has 0 unspecified atom stereocenters. The first-order valence-electron chi connectivity index (χ1n) is 9.57. The molecule has 1 fully saturated rings. The summed E-state index contributed by atoms with van der Waals surface area (Å²) >= 11 is 0. The lowest BCUT2D eigenvalue weighted by atomic mass is 9.83. The molecule has 1 atom stereocenters. The molecule has 0 spiro atoms. The summed E-state index contributed by atoms with van der Waals surface area (Å²) in [5, 5.41) is 13.2. The minimum Gasteiger partial charge on any atom is -0.437 e. The Balaban J connectivity index is 1.64. The van der Waals surface area contributed by atoms with Gasteiger partial charge in [-0.1, -0.05) is 30.3 Å². The first-order chi connectivity index (χ1) is 13.1. The SMILES string of the molecule is CB(O)N1CCN[C@@H](C(=O)N(CCCn2ccnc2)Cc2ccccc2)C1. The molecule has 2 aromatic rings. The van der Waals surface area contributed by atoms with E-state index in [1.165, 1.54) is 0 Å². The van der Waals surface area contributed by atoms with Crippen LogP contribution in [0.2, 0.25) is 6.82 Å². The summed E-state index contributed by atoms with van der Waals surface area (Å²) in [6.07, 6.45) is 6.37. The van der Waals surface area contributed by atoms with Crippen molar-refractivity contribution in [2.45, 2.75) is 32.4 Å². The minimum atomic E-state index is -0.536. The molecule has 1 aliphatic heterocycles. The van der Waals surface area contributed by atoms with Crippen LogP contribution in [0.3, 0.4) is 0 Å². The van der Waals surface area contributed by atoms with Crippen LogP contribution in [-0.4, -0.2) is 69.5 Å². The number of aryl methyl sites for hydroxylation is 1. The highest BCUT2D eigenvalue weighted by atomic mass is 16.2. The Hall–Kier alpha value is -2.16. The van der Waals surface area contributed by atoms with Gasteiger partial charge in [-0.25, -0.2) is 4.98 Å². The predicted molar refractivity (Wildman–Crippen MR) is 106 cm³/mol. The van der Waals surface area contributed by atoms with Crippen molar-refractivity contribution in [3.8, 4) is 0 Å². The van der Waals surface area contributed by atoms with Gasteiger partial charge in [0.2, 0.25) is 5.91 Å². The molecule has 27 heavy (non-hydrogen) atoms. The number of rotatable bonds is 8. The number of hydrogen-bond acceptors (Lipinski definition) is 5. The lowest BCUT2D eigenvalue weighted by Crippen LogP contribution is -2.60. The Kier molecular flexibility index (Phi) is 7.03. The van der Waals surface area contributed by atoms with E-state index in [1.807, 2.05) is 50.8 Å². The molecular weight excluding hydrogens is 341 g/mol. The van der Waals surface area contributed by atoms with Crippen LogP contribution in [0.5, 0.6) is 0 Å². The van der Waals surface area contributed by atoms with Crippen molar-refractivity contribution < 1.29 is 9.82 Å². The topological polar surface area (TPSA) is 73.6 Å². The van der Waals surface area contributed by atoms with Crippen LogP contribution >= 0.6 is 0 Å². The largest absolute Gasteiger partial charge is 0.437 e. The Bertz CT molecular complexity index is 695. The third-order valence-corrected chi connectivity index (χ3v) is 4.96. The summed E-state index contributed by atoms with van der Waals surface area (Å²) in [6, 6.07) is 9.79. The summed E-state index contributed by atoms with van der Waals surface area (Å²) in [4.78, 5) is 21.1. The molecule has 2 N–H and O–H groups in total. The van der Waals surface area contributed by atoms with Gasteiger partial charge in [0.05, 0.1) is 12.4 Å². The second-order valence-corrected chi connectivity index (χ2v) is 7.03. The molecule has 144 valence electrons. The van der Waals surface area contributed by atoms with Crippen LogP contribution < -0.4 is 5.32 Å². The van der Waals surface area contributed by atoms with Gasteiger partial charge in [-0.15, -0.1) is 0 Å². The van der Waals surface area contributed by atoms with E-state index in [1.54, 1.807) is 19.3 Å². The zero-order valence-electron chi connectivity index (χ0n) is 15.9. The smallest absolute Gasteiger partial charge is 0.376 e. The molecule has 3 rings (SSSR count). The number of nitrogens with one attached hydrogen (secondary N) is 1. The third-order valence-electron chi connectivity index (χ3n) is 4.96. The Morgan fingerprint density at radius 3 is 2.93 bits per heavy atom. The summed E-state index contributed by atoms with van der Waals surface area (Å²) in [7, 11) is -0.536. The Morgan fingerprint density at radius 2 is 2.22 bits per heavy atom. The van der Waals surface area contributed by atoms with Gasteiger partial charge in [0.15, 0.2) is 0 Å². The Labute approximate surface area is 161 Å². The number of amides is 1. The second-order valence-electron chi connectivity index (χ2n) is 7.03. The number of nitrogens with zero attached hydrogens (tertiary/aromatic N) is 4. The molecule has 1 aromatic carbocycles. The van der Waals surface area contributed by atoms with E-state index in [-0.39, 0.29) is 11.9 Å². The average Bonchev–Trinajstić information content (AvgIpc) is 3.21. The van der Waals surface area contributed by atoms with E-state index in [2.05, 4.69) is 10.3 Å². The van der Waals surface area contributed by atoms with Crippen molar-refractivity contribution >= 4 is 13.0 Å². The zero-order chi connectivity index (χ0) is 19.1. The standard InChI is InChI=1S/C19H28BN5O2/c1-20(27)25-13-9-22-18(15-25)19(26)24(14-17-6-3-2-4-7-17)11-5-10-23-12-8-21-16-23/h2-4,6-8,12,16,18,22,27H,5,9-11,13-15H2,1H3/t18-/m1/s1. The van der Waals surface area contributed by atoms with Crippen molar-refractivity contribution in [2.75, 3.05) is 26.2 Å². The van der Waals surface area contributed by atoms with Gasteiger partial charge < -0.3 is 24.6 Å². The van der Waals surface area contributed by atoms with Crippen molar-refractivity contribution in [1.29, 1.82) is 0 Å². The fourth-order valence-corrected chi connectivity index (χ4v) is 3.43. The number of hydrogen-bond donors (Lipinski definition) is 2. The summed E-state index contributed by atoms with van der Waals surface area (Å²) in [6.45, 7) is 5.84. The highest BCUT2D eigenvalue weighted by molar-refractivity contribution is 6.45. The van der Waals surface area contributed by atoms with Crippen LogP contribution in [-0.2, 0) is 17.9 Å². The highest BCUT2D eigenvalue weighted by Crippen LogP contribution is 2.11. The van der Waals surface area contributed by atoms with Gasteiger partial charge in [-0.3, -0.25) is 4.79 Å². The molecule has 0 saturated carbocycles. The van der Waals surface area contributed by atoms with Gasteiger partial charge in [-0.2, -0.15) is 0 Å². The Morgan fingerprint density at radius 1 is 1.41 bits per heavy atom. The molecule has 0 radical (unpaired) electrons. The van der Waals surface area contributed by atoms with Crippen molar-refractivity contribution in [3.05, 3.63) is 54.6 Å². The number of aromatic nitrogens is 2. The molecule has 1 saturated heterocycles. The normalized spacial score (nSPS) is 17.6. The van der Waals surface area contributed by atoms with E-state index >= 15 is 0 Å². The molecule has 1 aromatic heterocycles. The number of benzene rings is 1. The number of piperazine rings is 1. The molecule has 0 bridgehead atoms. The van der Waals surface area contributed by atoms with Gasteiger partial charge >= 0.3 is 7.05 Å². The van der Waals surface area contributed by atoms with Crippen LogP contribution in [0.1, 0.15) is 12.0 Å². The van der Waals surface area contributed by atoms with Gasteiger partial charge in [0.25, 0.3) is 0 Å². The molecule has 0 aliphatic carbocycles. The molecular formula is C19H28BN5O2. The minimum absolute atomic E-state index is 0.0924. The second kappa shape index (κ2) is 9.69. The summed E-state index contributed by atoms with van der Waals surface area (Å²) in [5.74, 6) is 0.0924. The van der Waals surface area contributed by atoms with Crippen molar-refractivity contribution in [3.63, 3.8) is 0 Å². The predicted octanol–water partition coefficient (Wildman–Crippen LogP) is 0.686. The quantitative estimate of drug-likeness (QED) is 0.670. The summed E-state index contributed by atoms with van der Waals surface area (Å²) < 4.78 is 2.03. The van der Waals surface area contributed by atoms with Crippen molar-refractivity contribution in [1.82, 2.24) is 24.6 Å². The summed E-state index contributed by atoms with van der Waals surface area (Å²) in [5.41, 5.74) is 1.12. The molecule has 2 heterocycles. The first kappa shape index (κ1) is 19.6. The zero-order valence-corrected chi connectivity index (χ0v) is 15.9. The fourth-order valence-electron chi connectivity index (χ4n) is 3.43. The van der Waals surface area contributed by atoms with Crippen molar-refractivity contribution in [2.24, 2.45) is 0 Å². The maximum atomic E-state index is 13.2. The van der Waals surface area contributed by atoms with Crippen LogP contribution in [0, 0.1) is 0 Å². The lowest BCUT2D eigenvalue weighted by Gasteiger charge is -2.36. The first-order valence-corrected chi connectivity index (χ1v) is 9.57. The monoisotopic (exact) mass is 369 g/mol. The molecule has 1 amide bonds. The molecule has 8 heteroatoms. The van der Waals surface area contributed by atoms with Crippen LogP contribution in [0.4, 0.5) is 0 Å². The maximum absolute atomic E-state index is 13.2. The van der Waals surface area contributed by atoms with Crippen LogP contribution in [0.15, 0.2) is 49.1 Å². The molecule has 7 nitrogen and oxygen atoms in total. The van der Waals surface area contributed by atoms with Crippen LogP contribution in [0.25, 0.3) is 0 Å². The van der Waals surface area contributed by atoms with E-state index in [0.717, 1.165) is 25.1 Å². The van der Waals surface area contributed by atoms with E-state index in [0.29, 0.717) is 26.2 Å². The lowest BCUT2D eigenvalue weighted by molar-refractivity contribution is -0.135. The van der Waals surface area contributed by atoms with E-state index < -0.39 is 7.05 Å².